The molecule has 1 N–H and O–H groups in total. The number of benzene rings is 1. The van der Waals surface area contributed by atoms with Crippen molar-refractivity contribution in [1.29, 1.82) is 0 Å². The zero-order valence-corrected chi connectivity index (χ0v) is 15.1. The molecule has 0 aliphatic rings. The maximum Gasteiger partial charge on any atom is 0.234 e. The number of rotatable bonds is 5. The van der Waals surface area contributed by atoms with Crippen LogP contribution in [-0.2, 0) is 4.79 Å². The van der Waals surface area contributed by atoms with Crippen LogP contribution in [-0.4, -0.2) is 26.6 Å². The lowest BCUT2D eigenvalue weighted by Crippen LogP contribution is -2.14. The molecule has 2 aromatic heterocycles. The molecular formula is C17H12Cl2N4OS. The third-order valence-electron chi connectivity index (χ3n) is 3.07. The predicted molar refractivity (Wildman–Crippen MR) is 101 cm³/mol. The summed E-state index contributed by atoms with van der Waals surface area (Å²) in [6.07, 6.45) is 5.09. The second kappa shape index (κ2) is 8.29. The lowest BCUT2D eigenvalue weighted by molar-refractivity contribution is -0.113. The molecule has 3 aromatic rings. The molecule has 0 atom stereocenters. The Morgan fingerprint density at radius 3 is 2.64 bits per heavy atom. The average molecular weight is 391 g/mol. The number of anilines is 1. The summed E-state index contributed by atoms with van der Waals surface area (Å²) in [5.74, 6) is -0.0283. The van der Waals surface area contributed by atoms with E-state index in [1.54, 1.807) is 42.9 Å². The fourth-order valence-corrected chi connectivity index (χ4v) is 3.20. The van der Waals surface area contributed by atoms with Gasteiger partial charge < -0.3 is 5.32 Å². The third kappa shape index (κ3) is 5.16. The second-order valence-corrected chi connectivity index (χ2v) is 6.78. The van der Waals surface area contributed by atoms with Gasteiger partial charge in [-0.1, -0.05) is 35.0 Å². The van der Waals surface area contributed by atoms with E-state index >= 15 is 0 Å². The van der Waals surface area contributed by atoms with E-state index in [1.807, 2.05) is 12.1 Å². The van der Waals surface area contributed by atoms with Crippen molar-refractivity contribution < 1.29 is 4.79 Å². The highest BCUT2D eigenvalue weighted by atomic mass is 35.5. The summed E-state index contributed by atoms with van der Waals surface area (Å²) in [7, 11) is 0. The number of amides is 1. The van der Waals surface area contributed by atoms with Crippen LogP contribution in [0.4, 0.5) is 5.69 Å². The van der Waals surface area contributed by atoms with Crippen LogP contribution in [0, 0.1) is 0 Å². The van der Waals surface area contributed by atoms with Crippen molar-refractivity contribution in [2.45, 2.75) is 5.16 Å². The molecule has 1 amide bonds. The predicted octanol–water partition coefficient (Wildman–Crippen LogP) is 4.58. The van der Waals surface area contributed by atoms with E-state index in [-0.39, 0.29) is 11.7 Å². The normalized spacial score (nSPS) is 10.5. The molecule has 3 rings (SSSR count). The number of carbonyl (C=O) groups is 1. The minimum atomic E-state index is -0.196. The van der Waals surface area contributed by atoms with E-state index in [0.29, 0.717) is 20.9 Å². The Balaban J connectivity index is 1.62. The fraction of sp³-hybridized carbons (Fsp3) is 0.0588. The van der Waals surface area contributed by atoms with E-state index in [9.17, 15) is 4.79 Å². The van der Waals surface area contributed by atoms with Crippen LogP contribution in [0.25, 0.3) is 11.3 Å². The Morgan fingerprint density at radius 2 is 1.92 bits per heavy atom. The maximum atomic E-state index is 12.1. The highest BCUT2D eigenvalue weighted by Gasteiger charge is 2.08. The number of hydrogen-bond donors (Lipinski definition) is 1. The van der Waals surface area contributed by atoms with Gasteiger partial charge in [0.05, 0.1) is 11.4 Å². The van der Waals surface area contributed by atoms with Gasteiger partial charge in [0.25, 0.3) is 0 Å². The first-order valence-corrected chi connectivity index (χ1v) is 8.96. The first kappa shape index (κ1) is 17.7. The summed E-state index contributed by atoms with van der Waals surface area (Å²) in [6.45, 7) is 0. The van der Waals surface area contributed by atoms with Crippen LogP contribution in [0.2, 0.25) is 10.0 Å². The van der Waals surface area contributed by atoms with Gasteiger partial charge in [0.15, 0.2) is 5.16 Å². The maximum absolute atomic E-state index is 12.1. The van der Waals surface area contributed by atoms with Gasteiger partial charge in [0.2, 0.25) is 5.91 Å². The molecule has 0 saturated carbocycles. The SMILES string of the molecule is O=C(CSc1nccc(-c2cccnc2)n1)Nc1cc(Cl)cc(Cl)c1. The van der Waals surface area contributed by atoms with E-state index in [0.717, 1.165) is 11.3 Å². The fourth-order valence-electron chi connectivity index (χ4n) is 2.04. The summed E-state index contributed by atoms with van der Waals surface area (Å²) in [6, 6.07) is 10.4. The van der Waals surface area contributed by atoms with Crippen LogP contribution < -0.4 is 5.32 Å². The molecule has 126 valence electrons. The zero-order valence-electron chi connectivity index (χ0n) is 12.8. The standard InChI is InChI=1S/C17H12Cl2N4OS/c18-12-6-13(19)8-14(7-12)22-16(24)10-25-17-21-5-3-15(23-17)11-2-1-4-20-9-11/h1-9H,10H2,(H,22,24). The van der Waals surface area contributed by atoms with Gasteiger partial charge in [0, 0.05) is 39.9 Å². The molecule has 1 aromatic carbocycles. The molecule has 0 radical (unpaired) electrons. The summed E-state index contributed by atoms with van der Waals surface area (Å²) in [5, 5.41) is 4.18. The molecule has 0 aliphatic carbocycles. The van der Waals surface area contributed by atoms with Crippen LogP contribution >= 0.6 is 35.0 Å². The highest BCUT2D eigenvalue weighted by Crippen LogP contribution is 2.23. The van der Waals surface area contributed by atoms with Crippen molar-refractivity contribution in [1.82, 2.24) is 15.0 Å². The minimum Gasteiger partial charge on any atom is -0.325 e. The smallest absolute Gasteiger partial charge is 0.234 e. The number of halogens is 2. The summed E-state index contributed by atoms with van der Waals surface area (Å²) in [4.78, 5) is 24.8. The minimum absolute atomic E-state index is 0.167. The van der Waals surface area contributed by atoms with Gasteiger partial charge in [0.1, 0.15) is 0 Å². The molecule has 0 spiro atoms. The van der Waals surface area contributed by atoms with Gasteiger partial charge in [-0.3, -0.25) is 9.78 Å². The summed E-state index contributed by atoms with van der Waals surface area (Å²) >= 11 is 13.1. The molecule has 0 fully saturated rings. The summed E-state index contributed by atoms with van der Waals surface area (Å²) < 4.78 is 0. The first-order chi connectivity index (χ1) is 12.1. The molecule has 2 heterocycles. The van der Waals surface area contributed by atoms with E-state index in [2.05, 4.69) is 20.3 Å². The van der Waals surface area contributed by atoms with Gasteiger partial charge in [-0.15, -0.1) is 0 Å². The van der Waals surface area contributed by atoms with Crippen molar-refractivity contribution in [3.05, 3.63) is 65.0 Å². The van der Waals surface area contributed by atoms with E-state index in [4.69, 9.17) is 23.2 Å². The van der Waals surface area contributed by atoms with E-state index in [1.165, 1.54) is 11.8 Å². The van der Waals surface area contributed by atoms with Crippen molar-refractivity contribution in [2.75, 3.05) is 11.1 Å². The number of nitrogens with zero attached hydrogens (tertiary/aromatic N) is 3. The molecule has 0 unspecified atom stereocenters. The van der Waals surface area contributed by atoms with Crippen LogP contribution in [0.15, 0.2) is 60.1 Å². The van der Waals surface area contributed by atoms with Crippen LogP contribution in [0.3, 0.4) is 0 Å². The third-order valence-corrected chi connectivity index (χ3v) is 4.37. The number of hydrogen-bond acceptors (Lipinski definition) is 5. The Morgan fingerprint density at radius 1 is 1.12 bits per heavy atom. The Labute approximate surface area is 158 Å². The Kier molecular flexibility index (Phi) is 5.86. The number of thioether (sulfide) groups is 1. The zero-order chi connectivity index (χ0) is 17.6. The Bertz CT molecular complexity index is 873. The number of carbonyl (C=O) groups excluding carboxylic acids is 1. The topological polar surface area (TPSA) is 67.8 Å². The van der Waals surface area contributed by atoms with Gasteiger partial charge in [-0.25, -0.2) is 9.97 Å². The molecular weight excluding hydrogens is 379 g/mol. The largest absolute Gasteiger partial charge is 0.325 e. The molecule has 0 aliphatic heterocycles. The quantitative estimate of drug-likeness (QED) is 0.510. The molecule has 8 heteroatoms. The van der Waals surface area contributed by atoms with Crippen molar-refractivity contribution in [2.24, 2.45) is 0 Å². The first-order valence-electron chi connectivity index (χ1n) is 7.22. The Hall–Kier alpha value is -2.15. The number of nitrogens with one attached hydrogen (secondary N) is 1. The van der Waals surface area contributed by atoms with Crippen LogP contribution in [0.5, 0.6) is 0 Å². The van der Waals surface area contributed by atoms with Gasteiger partial charge >= 0.3 is 0 Å². The molecule has 0 bridgehead atoms. The van der Waals surface area contributed by atoms with Gasteiger partial charge in [-0.05, 0) is 36.4 Å². The summed E-state index contributed by atoms with van der Waals surface area (Å²) in [5.41, 5.74) is 2.20. The molecule has 25 heavy (non-hydrogen) atoms. The average Bonchev–Trinajstić information content (AvgIpc) is 2.60. The van der Waals surface area contributed by atoms with Crippen molar-refractivity contribution in [3.63, 3.8) is 0 Å². The second-order valence-electron chi connectivity index (χ2n) is 4.96. The van der Waals surface area contributed by atoms with E-state index < -0.39 is 0 Å². The van der Waals surface area contributed by atoms with Gasteiger partial charge in [-0.2, -0.15) is 0 Å². The number of pyridine rings is 1. The van der Waals surface area contributed by atoms with Crippen LogP contribution in [0.1, 0.15) is 0 Å². The van der Waals surface area contributed by atoms with Crippen molar-refractivity contribution >= 4 is 46.6 Å². The van der Waals surface area contributed by atoms with Crippen molar-refractivity contribution in [3.8, 4) is 11.3 Å². The molecule has 5 nitrogen and oxygen atoms in total. The lowest BCUT2D eigenvalue weighted by atomic mass is 10.2. The number of aromatic nitrogens is 3. The molecule has 0 saturated heterocycles. The lowest BCUT2D eigenvalue weighted by Gasteiger charge is -2.06. The monoisotopic (exact) mass is 390 g/mol. The highest BCUT2D eigenvalue weighted by molar-refractivity contribution is 7.99.